The minimum Gasteiger partial charge on any atom is -0.444 e. The first kappa shape index (κ1) is 27.2. The van der Waals surface area contributed by atoms with E-state index in [1.54, 1.807) is 47.5 Å². The molecule has 0 spiro atoms. The minimum absolute atomic E-state index is 0.0428. The number of anilines is 1. The van der Waals surface area contributed by atoms with Gasteiger partial charge in [0.1, 0.15) is 17.1 Å². The van der Waals surface area contributed by atoms with E-state index in [2.05, 4.69) is 20.1 Å². The average Bonchev–Trinajstić information content (AvgIpc) is 3.83. The molecule has 2 bridgehead atoms. The van der Waals surface area contributed by atoms with Crippen molar-refractivity contribution in [3.05, 3.63) is 85.2 Å². The number of pyridine rings is 1. The highest BCUT2D eigenvalue weighted by Crippen LogP contribution is 2.40. The molecule has 2 saturated heterocycles. The molecule has 8 rings (SSSR count). The second-order valence-corrected chi connectivity index (χ2v) is 12.7. The lowest BCUT2D eigenvalue weighted by Gasteiger charge is -2.36. The van der Waals surface area contributed by atoms with Crippen molar-refractivity contribution in [2.45, 2.75) is 44.9 Å². The van der Waals surface area contributed by atoms with E-state index in [1.807, 2.05) is 62.1 Å². The fourth-order valence-electron chi connectivity index (χ4n) is 6.71. The van der Waals surface area contributed by atoms with Crippen molar-refractivity contribution in [1.82, 2.24) is 34.7 Å². The number of halogens is 1. The van der Waals surface area contributed by atoms with Crippen LogP contribution in [0.25, 0.3) is 50.2 Å². The monoisotopic (exact) mass is 602 g/mol. The number of likely N-dealkylation sites (tertiary alicyclic amines) is 1. The maximum absolute atomic E-state index is 16.1. The highest BCUT2D eigenvalue weighted by molar-refractivity contribution is 6.02. The number of hydrogen-bond donors (Lipinski definition) is 1. The zero-order valence-electron chi connectivity index (χ0n) is 25.1. The van der Waals surface area contributed by atoms with E-state index in [4.69, 9.17) is 14.8 Å². The number of rotatable bonds is 4. The van der Waals surface area contributed by atoms with Crippen LogP contribution in [0.5, 0.6) is 0 Å². The Hall–Kier alpha value is -5.32. The number of carbonyl (C=O) groups is 1. The summed E-state index contributed by atoms with van der Waals surface area (Å²) in [6, 6.07) is 17.1. The quantitative estimate of drug-likeness (QED) is 0.251. The molecule has 45 heavy (non-hydrogen) atoms. The summed E-state index contributed by atoms with van der Waals surface area (Å²) in [7, 11) is 0. The standard InChI is InChI=1S/C34H31FN8O2/c1-34(2,3)45-33(44)42-19-22-15-23(42)18-41(22)21-7-8-25(27(35)16-21)29-11-14-37-32-30(24-5-4-6-28-26(24)17-38-39-28)31(40-43(29)32)20-9-12-36-13-10-20/h4-14,16-17,22-23H,15,18-19H2,1-3H3,(H,38,39)/t22-,23-/m1/s1. The van der Waals surface area contributed by atoms with Gasteiger partial charge in [-0.2, -0.15) is 10.2 Å². The van der Waals surface area contributed by atoms with Crippen molar-refractivity contribution in [3.63, 3.8) is 0 Å². The molecular formula is C34H31FN8O2. The lowest BCUT2D eigenvalue weighted by molar-refractivity contribution is 0.0214. The Morgan fingerprint density at radius 1 is 1.00 bits per heavy atom. The van der Waals surface area contributed by atoms with Crippen LogP contribution in [0.1, 0.15) is 27.2 Å². The predicted molar refractivity (Wildman–Crippen MR) is 169 cm³/mol. The third-order valence-corrected chi connectivity index (χ3v) is 8.66. The average molecular weight is 603 g/mol. The Kier molecular flexibility index (Phi) is 6.12. The highest BCUT2D eigenvalue weighted by Gasteiger charge is 2.46. The molecule has 226 valence electrons. The number of ether oxygens (including phenoxy) is 1. The number of amides is 1. The summed E-state index contributed by atoms with van der Waals surface area (Å²) in [5.74, 6) is -0.355. The van der Waals surface area contributed by atoms with Crippen LogP contribution in [0.3, 0.4) is 0 Å². The van der Waals surface area contributed by atoms with E-state index in [0.717, 1.165) is 39.7 Å². The molecule has 6 heterocycles. The second kappa shape index (κ2) is 10.1. The smallest absolute Gasteiger partial charge is 0.410 e. The number of nitrogens with zero attached hydrogens (tertiary/aromatic N) is 7. The molecule has 2 fully saturated rings. The molecule has 2 aliphatic rings. The molecule has 1 N–H and O–H groups in total. The number of hydrogen-bond acceptors (Lipinski definition) is 7. The Morgan fingerprint density at radius 3 is 2.60 bits per heavy atom. The van der Waals surface area contributed by atoms with Crippen LogP contribution in [0.15, 0.2) is 79.4 Å². The van der Waals surface area contributed by atoms with Crippen molar-refractivity contribution in [2.75, 3.05) is 18.0 Å². The molecule has 0 unspecified atom stereocenters. The van der Waals surface area contributed by atoms with Gasteiger partial charge in [0.2, 0.25) is 0 Å². The highest BCUT2D eigenvalue weighted by atomic mass is 19.1. The summed E-state index contributed by atoms with van der Waals surface area (Å²) < 4.78 is 23.4. The number of aromatic nitrogens is 6. The molecule has 2 atom stereocenters. The van der Waals surface area contributed by atoms with Crippen LogP contribution < -0.4 is 4.90 Å². The van der Waals surface area contributed by atoms with Crippen molar-refractivity contribution in [2.24, 2.45) is 0 Å². The fourth-order valence-corrected chi connectivity index (χ4v) is 6.71. The largest absolute Gasteiger partial charge is 0.444 e. The zero-order valence-corrected chi connectivity index (χ0v) is 25.1. The van der Waals surface area contributed by atoms with Crippen molar-refractivity contribution in [1.29, 1.82) is 0 Å². The van der Waals surface area contributed by atoms with Gasteiger partial charge < -0.3 is 14.5 Å². The van der Waals surface area contributed by atoms with E-state index in [1.165, 1.54) is 0 Å². The number of H-pyrrole nitrogens is 1. The van der Waals surface area contributed by atoms with Crippen molar-refractivity contribution >= 4 is 28.3 Å². The molecule has 4 aromatic heterocycles. The Morgan fingerprint density at radius 2 is 1.84 bits per heavy atom. The van der Waals surface area contributed by atoms with Gasteiger partial charge in [0, 0.05) is 59.9 Å². The van der Waals surface area contributed by atoms with Gasteiger partial charge in [-0.15, -0.1) is 0 Å². The third kappa shape index (κ3) is 4.57. The first-order chi connectivity index (χ1) is 21.7. The molecule has 0 saturated carbocycles. The summed E-state index contributed by atoms with van der Waals surface area (Å²) >= 11 is 0. The maximum atomic E-state index is 16.1. The lowest BCUT2D eigenvalue weighted by Crippen LogP contribution is -2.50. The summed E-state index contributed by atoms with van der Waals surface area (Å²) in [6.45, 7) is 6.81. The SMILES string of the molecule is CC(C)(C)OC(=O)N1C[C@H]2C[C@@H]1CN2c1ccc(-c2ccnc3c(-c4cccc5[nH]ncc45)c(-c4ccncc4)nn23)c(F)c1. The molecule has 11 heteroatoms. The molecule has 0 aliphatic carbocycles. The van der Waals surface area contributed by atoms with Gasteiger partial charge in [0.15, 0.2) is 5.65 Å². The number of fused-ring (bicyclic) bond motifs is 4. The van der Waals surface area contributed by atoms with Gasteiger partial charge in [-0.1, -0.05) is 12.1 Å². The normalized spacial score (nSPS) is 18.0. The first-order valence-electron chi connectivity index (χ1n) is 15.0. The Balaban J connectivity index is 1.17. The fraction of sp³-hybridized carbons (Fsp3) is 0.265. The first-order valence-corrected chi connectivity index (χ1v) is 15.0. The Labute approximate surface area is 258 Å². The van der Waals surface area contributed by atoms with Gasteiger partial charge in [-0.3, -0.25) is 10.1 Å². The van der Waals surface area contributed by atoms with Gasteiger partial charge in [0.25, 0.3) is 0 Å². The van der Waals surface area contributed by atoms with E-state index >= 15 is 4.39 Å². The number of aromatic amines is 1. The molecule has 2 aromatic carbocycles. The van der Waals surface area contributed by atoms with E-state index in [0.29, 0.717) is 35.7 Å². The zero-order chi connectivity index (χ0) is 30.9. The summed E-state index contributed by atoms with van der Waals surface area (Å²) in [5.41, 5.74) is 6.10. The van der Waals surface area contributed by atoms with Gasteiger partial charge in [-0.25, -0.2) is 18.7 Å². The minimum atomic E-state index is -0.545. The van der Waals surface area contributed by atoms with Crippen molar-refractivity contribution < 1.29 is 13.9 Å². The van der Waals surface area contributed by atoms with Crippen LogP contribution in [-0.2, 0) is 4.74 Å². The summed E-state index contributed by atoms with van der Waals surface area (Å²) in [4.78, 5) is 25.6. The maximum Gasteiger partial charge on any atom is 0.410 e. The summed E-state index contributed by atoms with van der Waals surface area (Å²) in [6.07, 6.45) is 7.50. The van der Waals surface area contributed by atoms with Gasteiger partial charge >= 0.3 is 6.09 Å². The van der Waals surface area contributed by atoms with Gasteiger partial charge in [0.05, 0.1) is 29.0 Å². The number of piperazine rings is 1. The van der Waals surface area contributed by atoms with Crippen LogP contribution in [0, 0.1) is 5.82 Å². The van der Waals surface area contributed by atoms with Crippen molar-refractivity contribution in [3.8, 4) is 33.6 Å². The van der Waals surface area contributed by atoms with E-state index in [9.17, 15) is 4.79 Å². The molecular weight excluding hydrogens is 571 g/mol. The molecule has 0 radical (unpaired) electrons. The Bertz CT molecular complexity index is 2080. The number of benzene rings is 2. The van der Waals surface area contributed by atoms with Crippen LogP contribution in [0.2, 0.25) is 0 Å². The van der Waals surface area contributed by atoms with Crippen LogP contribution in [-0.4, -0.2) is 71.5 Å². The summed E-state index contributed by atoms with van der Waals surface area (Å²) in [5, 5.41) is 13.3. The molecule has 2 aliphatic heterocycles. The van der Waals surface area contributed by atoms with Gasteiger partial charge in [-0.05, 0) is 75.2 Å². The lowest BCUT2D eigenvalue weighted by atomic mass is 9.99. The second-order valence-electron chi connectivity index (χ2n) is 12.7. The molecule has 10 nitrogen and oxygen atoms in total. The molecule has 6 aromatic rings. The van der Waals surface area contributed by atoms with E-state index < -0.39 is 5.60 Å². The van der Waals surface area contributed by atoms with Crippen LogP contribution >= 0.6 is 0 Å². The van der Waals surface area contributed by atoms with Crippen LogP contribution in [0.4, 0.5) is 14.9 Å². The third-order valence-electron chi connectivity index (χ3n) is 8.66. The van der Waals surface area contributed by atoms with E-state index in [-0.39, 0.29) is 24.0 Å². The topological polar surface area (TPSA) is 105 Å². The predicted octanol–water partition coefficient (Wildman–Crippen LogP) is 6.34. The number of nitrogens with one attached hydrogen (secondary N) is 1. The molecule has 1 amide bonds. The number of carbonyl (C=O) groups excluding carboxylic acids is 1.